The molecule has 0 spiro atoms. The van der Waals surface area contributed by atoms with E-state index in [0.29, 0.717) is 17.0 Å². The second kappa shape index (κ2) is 3.27. The minimum absolute atomic E-state index is 0.0216. The molecular weight excluding hydrogens is 196 g/mol. The standard InChI is InChI=1S/C10H9N2O3/c1-6-5-8(12(13)14)9-7(3-4-11-9)10(6)15-2/h3-5H,1-2H3. The summed E-state index contributed by atoms with van der Waals surface area (Å²) in [5.41, 5.74) is 1.82. The minimum Gasteiger partial charge on any atom is -0.496 e. The van der Waals surface area contributed by atoms with Gasteiger partial charge in [-0.05, 0) is 18.6 Å². The van der Waals surface area contributed by atoms with Crippen molar-refractivity contribution in [3.8, 4) is 5.75 Å². The molecule has 2 rings (SSSR count). The van der Waals surface area contributed by atoms with Crippen molar-refractivity contribution in [2.75, 3.05) is 7.11 Å². The lowest BCUT2D eigenvalue weighted by Gasteiger charge is -2.09. The topological polar surface area (TPSA) is 66.5 Å². The molecule has 0 saturated heterocycles. The lowest BCUT2D eigenvalue weighted by Crippen LogP contribution is -1.98. The molecule has 1 aliphatic rings. The Hall–Kier alpha value is -2.04. The van der Waals surface area contributed by atoms with Crippen LogP contribution in [-0.4, -0.2) is 12.0 Å². The number of nitrogens with zero attached hydrogens (tertiary/aromatic N) is 2. The summed E-state index contributed by atoms with van der Waals surface area (Å²) in [7, 11) is 1.54. The van der Waals surface area contributed by atoms with E-state index in [4.69, 9.17) is 4.74 Å². The van der Waals surface area contributed by atoms with Gasteiger partial charge in [-0.15, -0.1) is 0 Å². The third kappa shape index (κ3) is 1.32. The van der Waals surface area contributed by atoms with Gasteiger partial charge in [0.1, 0.15) is 5.75 Å². The van der Waals surface area contributed by atoms with Gasteiger partial charge in [-0.3, -0.25) is 10.1 Å². The number of benzene rings is 1. The van der Waals surface area contributed by atoms with E-state index < -0.39 is 4.92 Å². The van der Waals surface area contributed by atoms with Gasteiger partial charge < -0.3 is 4.74 Å². The number of nitro benzene ring substituents is 1. The highest BCUT2D eigenvalue weighted by molar-refractivity contribution is 5.82. The quantitative estimate of drug-likeness (QED) is 0.548. The third-order valence-corrected chi connectivity index (χ3v) is 2.30. The molecule has 0 bridgehead atoms. The Morgan fingerprint density at radius 2 is 2.27 bits per heavy atom. The Morgan fingerprint density at radius 1 is 1.53 bits per heavy atom. The van der Waals surface area contributed by atoms with E-state index in [9.17, 15) is 10.1 Å². The number of aryl methyl sites for hydroxylation is 1. The zero-order valence-electron chi connectivity index (χ0n) is 8.35. The molecule has 5 nitrogen and oxygen atoms in total. The van der Waals surface area contributed by atoms with Gasteiger partial charge in [0.05, 0.1) is 17.6 Å². The molecular formula is C10H9N2O3. The van der Waals surface area contributed by atoms with Crippen molar-refractivity contribution in [1.29, 1.82) is 0 Å². The van der Waals surface area contributed by atoms with Crippen molar-refractivity contribution < 1.29 is 9.66 Å². The highest BCUT2D eigenvalue weighted by Crippen LogP contribution is 2.41. The maximum atomic E-state index is 10.8. The normalized spacial score (nSPS) is 12.1. The lowest BCUT2D eigenvalue weighted by atomic mass is 10.1. The molecule has 0 amide bonds. The molecule has 1 aromatic rings. The van der Waals surface area contributed by atoms with Gasteiger partial charge in [0.15, 0.2) is 5.69 Å². The van der Waals surface area contributed by atoms with Crippen molar-refractivity contribution in [2.45, 2.75) is 6.92 Å². The van der Waals surface area contributed by atoms with Crippen LogP contribution in [0.25, 0.3) is 6.08 Å². The second-order valence-corrected chi connectivity index (χ2v) is 3.21. The molecule has 0 N–H and O–H groups in total. The summed E-state index contributed by atoms with van der Waals surface area (Å²) in [6, 6.07) is 1.48. The monoisotopic (exact) mass is 205 g/mol. The van der Waals surface area contributed by atoms with Crippen LogP contribution in [0.4, 0.5) is 11.4 Å². The first kappa shape index (κ1) is 9.51. The summed E-state index contributed by atoms with van der Waals surface area (Å²) in [6.07, 6.45) is 3.26. The van der Waals surface area contributed by atoms with Crippen molar-refractivity contribution in [3.63, 3.8) is 0 Å². The van der Waals surface area contributed by atoms with Gasteiger partial charge in [0, 0.05) is 12.3 Å². The third-order valence-electron chi connectivity index (χ3n) is 2.30. The van der Waals surface area contributed by atoms with Crippen LogP contribution in [0.2, 0.25) is 0 Å². The maximum Gasteiger partial charge on any atom is 0.295 e. The van der Waals surface area contributed by atoms with Crippen LogP contribution < -0.4 is 10.1 Å². The van der Waals surface area contributed by atoms with E-state index in [-0.39, 0.29) is 5.69 Å². The minimum atomic E-state index is -0.429. The predicted octanol–water partition coefficient (Wildman–Crippen LogP) is 2.13. The molecule has 1 radical (unpaired) electrons. The zero-order chi connectivity index (χ0) is 11.0. The van der Waals surface area contributed by atoms with E-state index in [2.05, 4.69) is 5.32 Å². The molecule has 0 saturated carbocycles. The van der Waals surface area contributed by atoms with Gasteiger partial charge in [-0.2, -0.15) is 0 Å². The SMILES string of the molecule is COc1c(C)cc([N+](=O)[O-])c2c1C=C[N]2. The van der Waals surface area contributed by atoms with E-state index in [0.717, 1.165) is 5.56 Å². The van der Waals surface area contributed by atoms with Gasteiger partial charge in [0.2, 0.25) is 0 Å². The van der Waals surface area contributed by atoms with Gasteiger partial charge >= 0.3 is 0 Å². The molecule has 15 heavy (non-hydrogen) atoms. The van der Waals surface area contributed by atoms with Crippen LogP contribution in [0.1, 0.15) is 11.1 Å². The molecule has 5 heteroatoms. The molecule has 1 aromatic carbocycles. The Kier molecular flexibility index (Phi) is 2.07. The van der Waals surface area contributed by atoms with Crippen molar-refractivity contribution in [3.05, 3.63) is 33.5 Å². The fraction of sp³-hybridized carbons (Fsp3) is 0.200. The van der Waals surface area contributed by atoms with Crippen molar-refractivity contribution >= 4 is 17.5 Å². The molecule has 1 aliphatic heterocycles. The van der Waals surface area contributed by atoms with Gasteiger partial charge in [-0.25, -0.2) is 5.32 Å². The summed E-state index contributed by atoms with van der Waals surface area (Å²) < 4.78 is 5.19. The van der Waals surface area contributed by atoms with Gasteiger partial charge in [0.25, 0.3) is 5.69 Å². The number of hydrogen-bond donors (Lipinski definition) is 0. The number of ether oxygens (including phenoxy) is 1. The smallest absolute Gasteiger partial charge is 0.295 e. The molecule has 0 atom stereocenters. The highest BCUT2D eigenvalue weighted by atomic mass is 16.6. The van der Waals surface area contributed by atoms with E-state index in [1.807, 2.05) is 0 Å². The Bertz CT molecular complexity index is 466. The number of nitro groups is 1. The van der Waals surface area contributed by atoms with Crippen molar-refractivity contribution in [1.82, 2.24) is 5.32 Å². The van der Waals surface area contributed by atoms with Crippen LogP contribution in [0.3, 0.4) is 0 Å². The summed E-state index contributed by atoms with van der Waals surface area (Å²) in [4.78, 5) is 10.4. The fourth-order valence-corrected chi connectivity index (χ4v) is 1.68. The Morgan fingerprint density at radius 3 is 2.87 bits per heavy atom. The maximum absolute atomic E-state index is 10.8. The summed E-state index contributed by atoms with van der Waals surface area (Å²) in [5, 5.41) is 14.8. The lowest BCUT2D eigenvalue weighted by molar-refractivity contribution is -0.384. The van der Waals surface area contributed by atoms with Gasteiger partial charge in [-0.1, -0.05) is 0 Å². The van der Waals surface area contributed by atoms with Crippen LogP contribution in [0, 0.1) is 17.0 Å². The largest absolute Gasteiger partial charge is 0.496 e. The predicted molar refractivity (Wildman–Crippen MR) is 55.2 cm³/mol. The summed E-state index contributed by atoms with van der Waals surface area (Å²) in [6.45, 7) is 1.78. The second-order valence-electron chi connectivity index (χ2n) is 3.21. The van der Waals surface area contributed by atoms with E-state index in [1.165, 1.54) is 6.07 Å². The Balaban J connectivity index is 2.71. The molecule has 0 unspecified atom stereocenters. The molecule has 77 valence electrons. The number of fused-ring (bicyclic) bond motifs is 1. The number of methoxy groups -OCH3 is 1. The highest BCUT2D eigenvalue weighted by Gasteiger charge is 2.25. The molecule has 0 aromatic heterocycles. The van der Waals surface area contributed by atoms with E-state index >= 15 is 0 Å². The van der Waals surface area contributed by atoms with Crippen LogP contribution in [-0.2, 0) is 0 Å². The first-order valence-corrected chi connectivity index (χ1v) is 4.38. The van der Waals surface area contributed by atoms with Crippen LogP contribution in [0.5, 0.6) is 5.75 Å². The van der Waals surface area contributed by atoms with Crippen LogP contribution in [0.15, 0.2) is 12.3 Å². The molecule has 1 heterocycles. The number of hydrogen-bond acceptors (Lipinski definition) is 3. The molecule has 0 aliphatic carbocycles. The fourth-order valence-electron chi connectivity index (χ4n) is 1.68. The zero-order valence-corrected chi connectivity index (χ0v) is 8.35. The average Bonchev–Trinajstić information content (AvgIpc) is 2.64. The summed E-state index contributed by atoms with van der Waals surface area (Å²) in [5.74, 6) is 0.646. The average molecular weight is 205 g/mol. The first-order valence-electron chi connectivity index (χ1n) is 4.38. The van der Waals surface area contributed by atoms with Crippen LogP contribution >= 0.6 is 0 Å². The number of rotatable bonds is 2. The van der Waals surface area contributed by atoms with E-state index in [1.54, 1.807) is 26.3 Å². The molecule has 0 fully saturated rings. The van der Waals surface area contributed by atoms with Crippen molar-refractivity contribution in [2.24, 2.45) is 0 Å². The first-order chi connectivity index (χ1) is 7.15. The Labute approximate surface area is 86.5 Å². The summed E-state index contributed by atoms with van der Waals surface area (Å²) >= 11 is 0.